The first-order valence-corrected chi connectivity index (χ1v) is 7.63. The van der Waals surface area contributed by atoms with E-state index in [1.165, 1.54) is 0 Å². The zero-order valence-electron chi connectivity index (χ0n) is 13.1. The third-order valence-corrected chi connectivity index (χ3v) is 5.66. The van der Waals surface area contributed by atoms with Crippen LogP contribution in [0.25, 0.3) is 0 Å². The molecule has 114 valence electrons. The van der Waals surface area contributed by atoms with E-state index in [1.54, 1.807) is 13.0 Å². The standard InChI is InChI=1S/C17H22O4/c1-5-20-17-8-12-6-7-14(18)11(3)16(12,4)9-13(17)10(2)15(19)21-17/h6-7,11-12H,5,8-9H2,1-4H3. The van der Waals surface area contributed by atoms with E-state index >= 15 is 0 Å². The summed E-state index contributed by atoms with van der Waals surface area (Å²) in [6.45, 7) is 8.33. The van der Waals surface area contributed by atoms with Crippen LogP contribution in [-0.2, 0) is 19.1 Å². The van der Waals surface area contributed by atoms with Crippen LogP contribution in [0.15, 0.2) is 23.3 Å². The molecule has 2 aliphatic carbocycles. The van der Waals surface area contributed by atoms with E-state index in [0.29, 0.717) is 25.0 Å². The van der Waals surface area contributed by atoms with Gasteiger partial charge in [0.05, 0.1) is 0 Å². The number of ketones is 1. The molecule has 1 saturated carbocycles. The van der Waals surface area contributed by atoms with Gasteiger partial charge < -0.3 is 9.47 Å². The summed E-state index contributed by atoms with van der Waals surface area (Å²) in [6.07, 6.45) is 4.92. The Bertz CT molecular complexity index is 573. The van der Waals surface area contributed by atoms with E-state index in [-0.39, 0.29) is 29.0 Å². The molecule has 4 unspecified atom stereocenters. The molecular weight excluding hydrogens is 268 g/mol. The average molecular weight is 290 g/mol. The monoisotopic (exact) mass is 290 g/mol. The second-order valence-electron chi connectivity index (χ2n) is 6.66. The number of ether oxygens (including phenoxy) is 2. The van der Waals surface area contributed by atoms with Crippen molar-refractivity contribution in [1.82, 2.24) is 0 Å². The van der Waals surface area contributed by atoms with Crippen molar-refractivity contribution >= 4 is 11.8 Å². The number of allylic oxidation sites excluding steroid dienone is 2. The summed E-state index contributed by atoms with van der Waals surface area (Å²) in [5.41, 5.74) is 1.41. The Labute approximate surface area is 125 Å². The molecular formula is C17H22O4. The van der Waals surface area contributed by atoms with E-state index in [4.69, 9.17) is 9.47 Å². The van der Waals surface area contributed by atoms with E-state index in [9.17, 15) is 9.59 Å². The van der Waals surface area contributed by atoms with Gasteiger partial charge in [-0.2, -0.15) is 0 Å². The highest BCUT2D eigenvalue weighted by atomic mass is 16.7. The summed E-state index contributed by atoms with van der Waals surface area (Å²) < 4.78 is 11.5. The summed E-state index contributed by atoms with van der Waals surface area (Å²) >= 11 is 0. The summed E-state index contributed by atoms with van der Waals surface area (Å²) in [6, 6.07) is 0. The first kappa shape index (κ1) is 14.5. The van der Waals surface area contributed by atoms with Crippen LogP contribution in [0.1, 0.15) is 40.5 Å². The molecule has 4 heteroatoms. The lowest BCUT2D eigenvalue weighted by Crippen LogP contribution is -2.51. The first-order valence-electron chi connectivity index (χ1n) is 7.63. The van der Waals surface area contributed by atoms with Crippen LogP contribution < -0.4 is 0 Å². The van der Waals surface area contributed by atoms with E-state index in [2.05, 4.69) is 6.92 Å². The van der Waals surface area contributed by atoms with Crippen molar-refractivity contribution < 1.29 is 19.1 Å². The molecule has 3 aliphatic rings. The molecule has 0 aromatic carbocycles. The molecule has 0 aromatic rings. The number of esters is 1. The van der Waals surface area contributed by atoms with Gasteiger partial charge in [-0.15, -0.1) is 0 Å². The van der Waals surface area contributed by atoms with Gasteiger partial charge in [0, 0.05) is 30.1 Å². The molecule has 4 nitrogen and oxygen atoms in total. The minimum Gasteiger partial charge on any atom is -0.426 e. The van der Waals surface area contributed by atoms with Gasteiger partial charge in [0.15, 0.2) is 5.78 Å². The molecule has 0 aromatic heterocycles. The number of rotatable bonds is 2. The lowest BCUT2D eigenvalue weighted by molar-refractivity contribution is -0.220. The van der Waals surface area contributed by atoms with E-state index in [0.717, 1.165) is 5.57 Å². The molecule has 21 heavy (non-hydrogen) atoms. The van der Waals surface area contributed by atoms with Crippen molar-refractivity contribution in [3.05, 3.63) is 23.3 Å². The molecule has 1 aliphatic heterocycles. The largest absolute Gasteiger partial charge is 0.426 e. The summed E-state index contributed by atoms with van der Waals surface area (Å²) in [4.78, 5) is 24.1. The second-order valence-corrected chi connectivity index (χ2v) is 6.66. The third-order valence-electron chi connectivity index (χ3n) is 5.66. The Hall–Kier alpha value is -1.42. The molecule has 0 radical (unpaired) electrons. The maximum absolute atomic E-state index is 12.1. The van der Waals surface area contributed by atoms with Gasteiger partial charge in [-0.3, -0.25) is 4.79 Å². The maximum Gasteiger partial charge on any atom is 0.336 e. The van der Waals surface area contributed by atoms with Gasteiger partial charge in [0.1, 0.15) is 0 Å². The number of hydrogen-bond acceptors (Lipinski definition) is 4. The minimum atomic E-state index is -0.912. The fourth-order valence-corrected chi connectivity index (χ4v) is 4.01. The normalized spacial score (nSPS) is 41.9. The van der Waals surface area contributed by atoms with Crippen LogP contribution in [0.3, 0.4) is 0 Å². The van der Waals surface area contributed by atoms with Gasteiger partial charge in [-0.1, -0.05) is 19.9 Å². The van der Waals surface area contributed by atoms with Gasteiger partial charge >= 0.3 is 5.97 Å². The highest BCUT2D eigenvalue weighted by molar-refractivity contribution is 5.94. The van der Waals surface area contributed by atoms with Crippen LogP contribution in [0.4, 0.5) is 0 Å². The van der Waals surface area contributed by atoms with Crippen molar-refractivity contribution in [2.45, 2.75) is 46.3 Å². The van der Waals surface area contributed by atoms with Crippen LogP contribution in [0.5, 0.6) is 0 Å². The van der Waals surface area contributed by atoms with Crippen molar-refractivity contribution in [2.24, 2.45) is 17.3 Å². The average Bonchev–Trinajstić information content (AvgIpc) is 2.66. The summed E-state index contributed by atoms with van der Waals surface area (Å²) in [7, 11) is 0. The number of fused-ring (bicyclic) bond motifs is 2. The Morgan fingerprint density at radius 3 is 2.81 bits per heavy atom. The Morgan fingerprint density at radius 1 is 1.43 bits per heavy atom. The zero-order valence-corrected chi connectivity index (χ0v) is 13.1. The van der Waals surface area contributed by atoms with E-state index < -0.39 is 5.79 Å². The minimum absolute atomic E-state index is 0.0527. The van der Waals surface area contributed by atoms with E-state index in [1.807, 2.05) is 19.9 Å². The summed E-state index contributed by atoms with van der Waals surface area (Å²) in [5, 5.41) is 0. The smallest absolute Gasteiger partial charge is 0.336 e. The fraction of sp³-hybridized carbons (Fsp3) is 0.647. The highest BCUT2D eigenvalue weighted by Crippen LogP contribution is 2.58. The SMILES string of the molecule is CCOC12CC3C=CC(=O)C(C)C3(C)CC1=C(C)C(=O)O2. The fourth-order valence-electron chi connectivity index (χ4n) is 4.01. The number of hydrogen-bond donors (Lipinski definition) is 0. The van der Waals surface area contributed by atoms with Gasteiger partial charge in [0.25, 0.3) is 0 Å². The molecule has 1 fully saturated rings. The number of carbonyl (C=O) groups is 2. The van der Waals surface area contributed by atoms with Gasteiger partial charge in [0.2, 0.25) is 5.79 Å². The van der Waals surface area contributed by atoms with Crippen LogP contribution in [0, 0.1) is 17.3 Å². The maximum atomic E-state index is 12.1. The molecule has 0 bridgehead atoms. The number of carbonyl (C=O) groups excluding carboxylic acids is 2. The Kier molecular flexibility index (Phi) is 3.14. The molecule has 3 rings (SSSR count). The quantitative estimate of drug-likeness (QED) is 0.734. The van der Waals surface area contributed by atoms with Crippen LogP contribution >= 0.6 is 0 Å². The van der Waals surface area contributed by atoms with Crippen molar-refractivity contribution in [3.63, 3.8) is 0 Å². The highest BCUT2D eigenvalue weighted by Gasteiger charge is 2.59. The zero-order chi connectivity index (χ0) is 15.4. The van der Waals surface area contributed by atoms with Crippen LogP contribution in [-0.4, -0.2) is 24.1 Å². The van der Waals surface area contributed by atoms with Gasteiger partial charge in [-0.25, -0.2) is 4.79 Å². The topological polar surface area (TPSA) is 52.6 Å². The summed E-state index contributed by atoms with van der Waals surface area (Å²) in [5.74, 6) is -0.906. The lowest BCUT2D eigenvalue weighted by Gasteiger charge is -2.51. The van der Waals surface area contributed by atoms with Crippen LogP contribution in [0.2, 0.25) is 0 Å². The Balaban J connectivity index is 2.08. The Morgan fingerprint density at radius 2 is 2.14 bits per heavy atom. The molecule has 0 saturated heterocycles. The third kappa shape index (κ3) is 1.85. The molecule has 0 spiro atoms. The molecule has 1 heterocycles. The van der Waals surface area contributed by atoms with Crippen molar-refractivity contribution in [3.8, 4) is 0 Å². The molecule has 0 N–H and O–H groups in total. The lowest BCUT2D eigenvalue weighted by atomic mass is 9.55. The van der Waals surface area contributed by atoms with Crippen molar-refractivity contribution in [1.29, 1.82) is 0 Å². The molecule has 0 amide bonds. The first-order chi connectivity index (χ1) is 9.84. The predicted octanol–water partition coefficient (Wildman–Crippen LogP) is 2.78. The van der Waals surface area contributed by atoms with Crippen molar-refractivity contribution in [2.75, 3.05) is 6.61 Å². The predicted molar refractivity (Wildman–Crippen MR) is 77.3 cm³/mol. The molecule has 4 atom stereocenters. The van der Waals surface area contributed by atoms with Gasteiger partial charge in [-0.05, 0) is 37.7 Å². The second kappa shape index (κ2) is 4.54.